The van der Waals surface area contributed by atoms with E-state index in [0.717, 1.165) is 12.1 Å². The molecule has 0 bridgehead atoms. The fourth-order valence-corrected chi connectivity index (χ4v) is 3.29. The van der Waals surface area contributed by atoms with Crippen LogP contribution in [0.4, 0.5) is 11.4 Å². The van der Waals surface area contributed by atoms with Crippen molar-refractivity contribution in [1.82, 2.24) is 10.2 Å². The van der Waals surface area contributed by atoms with Crippen LogP contribution in [0, 0.1) is 0 Å². The van der Waals surface area contributed by atoms with E-state index >= 15 is 0 Å². The van der Waals surface area contributed by atoms with Crippen molar-refractivity contribution >= 4 is 29.1 Å². The minimum Gasteiger partial charge on any atom is -0.368 e. The van der Waals surface area contributed by atoms with E-state index < -0.39 is 11.8 Å². The first-order valence-corrected chi connectivity index (χ1v) is 9.78. The number of carbonyl (C=O) groups is 3. The molecule has 0 atom stereocenters. The second-order valence-corrected chi connectivity index (χ2v) is 6.91. The van der Waals surface area contributed by atoms with Gasteiger partial charge in [-0.3, -0.25) is 14.4 Å². The maximum absolute atomic E-state index is 12.5. The van der Waals surface area contributed by atoms with E-state index in [1.165, 1.54) is 5.56 Å². The summed E-state index contributed by atoms with van der Waals surface area (Å²) in [5.41, 5.74) is 3.39. The zero-order chi connectivity index (χ0) is 20.8. The van der Waals surface area contributed by atoms with Crippen molar-refractivity contribution in [3.05, 3.63) is 59.7 Å². The molecule has 0 saturated carbocycles. The first-order chi connectivity index (χ1) is 14.0. The van der Waals surface area contributed by atoms with Gasteiger partial charge in [0.15, 0.2) is 0 Å². The molecule has 0 aliphatic carbocycles. The maximum atomic E-state index is 12.5. The Labute approximate surface area is 170 Å². The molecule has 0 aromatic heterocycles. The molecular weight excluding hydrogens is 368 g/mol. The van der Waals surface area contributed by atoms with Gasteiger partial charge in [-0.2, -0.15) is 0 Å². The quantitative estimate of drug-likeness (QED) is 0.776. The largest absolute Gasteiger partial charge is 0.368 e. The average Bonchev–Trinajstić information content (AvgIpc) is 2.78. The van der Waals surface area contributed by atoms with Crippen molar-refractivity contribution in [3.8, 4) is 0 Å². The number of hydrogen-bond acceptors (Lipinski definition) is 4. The predicted molar refractivity (Wildman–Crippen MR) is 113 cm³/mol. The number of piperazine rings is 1. The first kappa shape index (κ1) is 20.4. The molecule has 3 amide bonds. The highest BCUT2D eigenvalue weighted by Crippen LogP contribution is 2.18. The lowest BCUT2D eigenvalue weighted by atomic mass is 10.1. The summed E-state index contributed by atoms with van der Waals surface area (Å²) in [4.78, 5) is 40.2. The van der Waals surface area contributed by atoms with Crippen molar-refractivity contribution in [1.29, 1.82) is 0 Å². The van der Waals surface area contributed by atoms with Gasteiger partial charge < -0.3 is 20.4 Å². The van der Waals surface area contributed by atoms with Crippen molar-refractivity contribution in [2.75, 3.05) is 43.4 Å². The molecule has 2 aromatic carbocycles. The smallest absolute Gasteiger partial charge is 0.313 e. The van der Waals surface area contributed by atoms with Crippen LogP contribution in [0.25, 0.3) is 0 Å². The number of anilines is 2. The van der Waals surface area contributed by atoms with Crippen molar-refractivity contribution < 1.29 is 14.4 Å². The molecule has 152 valence electrons. The summed E-state index contributed by atoms with van der Waals surface area (Å²) in [6, 6.07) is 14.9. The van der Waals surface area contributed by atoms with Gasteiger partial charge in [0.1, 0.15) is 0 Å². The fourth-order valence-electron chi connectivity index (χ4n) is 3.29. The topological polar surface area (TPSA) is 81.8 Å². The zero-order valence-electron chi connectivity index (χ0n) is 16.8. The fraction of sp³-hybridized carbons (Fsp3) is 0.318. The van der Waals surface area contributed by atoms with E-state index in [1.54, 1.807) is 36.2 Å². The number of amides is 3. The molecule has 1 saturated heterocycles. The van der Waals surface area contributed by atoms with Crippen LogP contribution in [0.5, 0.6) is 0 Å². The van der Waals surface area contributed by atoms with E-state index in [-0.39, 0.29) is 5.91 Å². The predicted octanol–water partition coefficient (Wildman–Crippen LogP) is 1.90. The third-order valence-electron chi connectivity index (χ3n) is 5.10. The lowest BCUT2D eigenvalue weighted by Gasteiger charge is -2.35. The summed E-state index contributed by atoms with van der Waals surface area (Å²) in [5.74, 6) is -1.42. The van der Waals surface area contributed by atoms with Crippen LogP contribution in [-0.2, 0) is 16.0 Å². The average molecular weight is 394 g/mol. The summed E-state index contributed by atoms with van der Waals surface area (Å²) >= 11 is 0. The molecule has 7 nitrogen and oxygen atoms in total. The summed E-state index contributed by atoms with van der Waals surface area (Å²) in [6.07, 6.45) is 1.01. The first-order valence-electron chi connectivity index (χ1n) is 9.78. The molecule has 1 aliphatic rings. The monoisotopic (exact) mass is 394 g/mol. The number of rotatable bonds is 4. The number of nitrogens with one attached hydrogen (secondary N) is 2. The maximum Gasteiger partial charge on any atom is 0.313 e. The lowest BCUT2D eigenvalue weighted by Crippen LogP contribution is -2.51. The van der Waals surface area contributed by atoms with Crippen molar-refractivity contribution in [2.45, 2.75) is 13.3 Å². The number of aryl methyl sites for hydroxylation is 1. The minimum atomic E-state index is -0.668. The third-order valence-corrected chi connectivity index (χ3v) is 5.10. The van der Waals surface area contributed by atoms with Gasteiger partial charge >= 0.3 is 11.8 Å². The van der Waals surface area contributed by atoms with Crippen LogP contribution in [0.2, 0.25) is 0 Å². The number of carbonyl (C=O) groups excluding carboxylic acids is 3. The van der Waals surface area contributed by atoms with Gasteiger partial charge in [-0.15, -0.1) is 0 Å². The van der Waals surface area contributed by atoms with Gasteiger partial charge in [0.25, 0.3) is 5.91 Å². The van der Waals surface area contributed by atoms with Gasteiger partial charge in [-0.1, -0.05) is 19.1 Å². The van der Waals surface area contributed by atoms with E-state index in [9.17, 15) is 14.4 Å². The Balaban J connectivity index is 1.53. The lowest BCUT2D eigenvalue weighted by molar-refractivity contribution is -0.143. The molecule has 0 spiro atoms. The molecular formula is C22H26N4O3. The second kappa shape index (κ2) is 9.23. The van der Waals surface area contributed by atoms with Crippen LogP contribution in [0.1, 0.15) is 22.8 Å². The molecule has 29 heavy (non-hydrogen) atoms. The van der Waals surface area contributed by atoms with Gasteiger partial charge in [0.05, 0.1) is 0 Å². The standard InChI is InChI=1S/C22H26N4O3/c1-3-16-4-10-19(11-5-16)25-12-14-26(15-13-25)22(29)21(28)24-18-8-6-17(7-9-18)20(27)23-2/h4-11H,3,12-15H2,1-2H3,(H,23,27)(H,24,28). The summed E-state index contributed by atoms with van der Waals surface area (Å²) in [5, 5.41) is 5.14. The van der Waals surface area contributed by atoms with E-state index in [2.05, 4.69) is 46.7 Å². The summed E-state index contributed by atoms with van der Waals surface area (Å²) in [6.45, 7) is 4.49. The second-order valence-electron chi connectivity index (χ2n) is 6.91. The van der Waals surface area contributed by atoms with Crippen LogP contribution >= 0.6 is 0 Å². The number of hydrogen-bond donors (Lipinski definition) is 2. The van der Waals surface area contributed by atoms with Gasteiger partial charge in [-0.05, 0) is 48.4 Å². The molecule has 1 heterocycles. The normalized spacial score (nSPS) is 13.7. The molecule has 1 fully saturated rings. The Bertz CT molecular complexity index is 870. The molecule has 0 radical (unpaired) electrons. The van der Waals surface area contributed by atoms with Crippen LogP contribution < -0.4 is 15.5 Å². The third kappa shape index (κ3) is 4.93. The zero-order valence-corrected chi connectivity index (χ0v) is 16.8. The minimum absolute atomic E-state index is 0.207. The van der Waals surface area contributed by atoms with Crippen LogP contribution in [0.15, 0.2) is 48.5 Å². The highest BCUT2D eigenvalue weighted by Gasteiger charge is 2.26. The molecule has 1 aliphatic heterocycles. The summed E-state index contributed by atoms with van der Waals surface area (Å²) < 4.78 is 0. The molecule has 3 rings (SSSR count). The highest BCUT2D eigenvalue weighted by atomic mass is 16.2. The van der Waals surface area contributed by atoms with Crippen molar-refractivity contribution in [2.24, 2.45) is 0 Å². The van der Waals surface area contributed by atoms with Gasteiger partial charge in [-0.25, -0.2) is 0 Å². The van der Waals surface area contributed by atoms with Gasteiger partial charge in [0, 0.05) is 50.2 Å². The number of nitrogens with zero attached hydrogens (tertiary/aromatic N) is 2. The highest BCUT2D eigenvalue weighted by molar-refractivity contribution is 6.39. The van der Waals surface area contributed by atoms with E-state index in [1.807, 2.05) is 0 Å². The molecule has 7 heteroatoms. The van der Waals surface area contributed by atoms with E-state index in [4.69, 9.17) is 0 Å². The van der Waals surface area contributed by atoms with E-state index in [0.29, 0.717) is 37.4 Å². The van der Waals surface area contributed by atoms with Crippen molar-refractivity contribution in [3.63, 3.8) is 0 Å². The SMILES string of the molecule is CCc1ccc(N2CCN(C(=O)C(=O)Nc3ccc(C(=O)NC)cc3)CC2)cc1. The molecule has 2 N–H and O–H groups in total. The Morgan fingerprint density at radius 3 is 2.07 bits per heavy atom. The van der Waals surface area contributed by atoms with Crippen LogP contribution in [0.3, 0.4) is 0 Å². The molecule has 2 aromatic rings. The summed E-state index contributed by atoms with van der Waals surface area (Å²) in [7, 11) is 1.55. The Hall–Kier alpha value is -3.35. The van der Waals surface area contributed by atoms with Gasteiger partial charge in [0.2, 0.25) is 0 Å². The molecule has 0 unspecified atom stereocenters. The Morgan fingerprint density at radius 2 is 1.52 bits per heavy atom. The van der Waals surface area contributed by atoms with Crippen LogP contribution in [-0.4, -0.2) is 55.8 Å². The Morgan fingerprint density at radius 1 is 0.897 bits per heavy atom. The number of benzene rings is 2. The Kier molecular flexibility index (Phi) is 6.49.